The lowest BCUT2D eigenvalue weighted by Crippen LogP contribution is -2.37. The van der Waals surface area contributed by atoms with Crippen molar-refractivity contribution in [2.45, 2.75) is 0 Å². The second-order valence-corrected chi connectivity index (χ2v) is 3.28. The van der Waals surface area contributed by atoms with Crippen molar-refractivity contribution in [3.63, 3.8) is 0 Å². The molecule has 0 aromatic carbocycles. The van der Waals surface area contributed by atoms with Crippen LogP contribution in [-0.4, -0.2) is 43.8 Å². The fourth-order valence-corrected chi connectivity index (χ4v) is 1.52. The average Bonchev–Trinajstić information content (AvgIpc) is 2.30. The van der Waals surface area contributed by atoms with Crippen LogP contribution in [0, 0.1) is 0 Å². The molecule has 0 bridgehead atoms. The fraction of sp³-hybridized carbons (Fsp3) is 0.444. The summed E-state index contributed by atoms with van der Waals surface area (Å²) < 4.78 is 5.26. The van der Waals surface area contributed by atoms with Gasteiger partial charge in [-0.1, -0.05) is 0 Å². The molecule has 0 atom stereocenters. The third-order valence-electron chi connectivity index (χ3n) is 2.33. The van der Waals surface area contributed by atoms with Gasteiger partial charge >= 0.3 is 7.48 Å². The van der Waals surface area contributed by atoms with Gasteiger partial charge in [0.1, 0.15) is 5.82 Å². The number of hydrogen-bond acceptors (Lipinski definition) is 4. The van der Waals surface area contributed by atoms with Crippen LogP contribution in [0.5, 0.6) is 0 Å². The molecule has 0 aliphatic carbocycles. The van der Waals surface area contributed by atoms with E-state index in [0.29, 0.717) is 0 Å². The van der Waals surface area contributed by atoms with Crippen molar-refractivity contribution < 1.29 is 9.76 Å². The molecule has 0 radical (unpaired) electrons. The maximum absolute atomic E-state index is 8.99. The minimum absolute atomic E-state index is 0.0693. The van der Waals surface area contributed by atoms with Crippen molar-refractivity contribution in [3.05, 3.63) is 18.3 Å². The van der Waals surface area contributed by atoms with Gasteiger partial charge in [-0.05, 0) is 17.6 Å². The summed E-state index contributed by atoms with van der Waals surface area (Å²) in [7, 11) is 0.0693. The molecule has 2 heterocycles. The highest BCUT2D eigenvalue weighted by Crippen LogP contribution is 2.09. The summed E-state index contributed by atoms with van der Waals surface area (Å²) in [5.74, 6) is 0.930. The van der Waals surface area contributed by atoms with Crippen LogP contribution >= 0.6 is 0 Å². The average molecular weight is 192 g/mol. The standard InChI is InChI=1S/C9H13BN2O2/c13-10-8-1-2-11-9(7-8)12-3-5-14-6-4-12/h1-2,7,10,13H,3-6H2. The first-order valence-electron chi connectivity index (χ1n) is 4.78. The number of aromatic nitrogens is 1. The Morgan fingerprint density at radius 1 is 1.43 bits per heavy atom. The van der Waals surface area contributed by atoms with Crippen molar-refractivity contribution in [3.8, 4) is 0 Å². The molecule has 1 saturated heterocycles. The highest BCUT2D eigenvalue weighted by atomic mass is 16.5. The predicted molar refractivity (Wildman–Crippen MR) is 56.3 cm³/mol. The van der Waals surface area contributed by atoms with Crippen LogP contribution in [0.3, 0.4) is 0 Å². The van der Waals surface area contributed by atoms with E-state index in [1.165, 1.54) is 0 Å². The van der Waals surface area contributed by atoms with E-state index in [4.69, 9.17) is 9.76 Å². The maximum Gasteiger partial charge on any atom is 0.304 e. The number of ether oxygens (including phenoxy) is 1. The molecule has 0 unspecified atom stereocenters. The molecule has 4 nitrogen and oxygen atoms in total. The van der Waals surface area contributed by atoms with Gasteiger partial charge < -0.3 is 14.7 Å². The topological polar surface area (TPSA) is 45.6 Å². The van der Waals surface area contributed by atoms with Gasteiger partial charge in [0.15, 0.2) is 0 Å². The lowest BCUT2D eigenvalue weighted by molar-refractivity contribution is 0.122. The predicted octanol–water partition coefficient (Wildman–Crippen LogP) is -1.11. The lowest BCUT2D eigenvalue weighted by Gasteiger charge is -2.27. The fourth-order valence-electron chi connectivity index (χ4n) is 1.52. The molecule has 14 heavy (non-hydrogen) atoms. The van der Waals surface area contributed by atoms with E-state index in [2.05, 4.69) is 9.88 Å². The molecule has 1 aliphatic heterocycles. The van der Waals surface area contributed by atoms with Crippen LogP contribution in [0.1, 0.15) is 0 Å². The van der Waals surface area contributed by atoms with Gasteiger partial charge in [0.25, 0.3) is 0 Å². The summed E-state index contributed by atoms with van der Waals surface area (Å²) in [4.78, 5) is 6.44. The van der Waals surface area contributed by atoms with Gasteiger partial charge in [0.05, 0.1) is 13.2 Å². The molecule has 1 N–H and O–H groups in total. The van der Waals surface area contributed by atoms with Crippen molar-refractivity contribution in [1.29, 1.82) is 0 Å². The normalized spacial score (nSPS) is 16.8. The van der Waals surface area contributed by atoms with E-state index in [1.54, 1.807) is 6.20 Å². The van der Waals surface area contributed by atoms with E-state index >= 15 is 0 Å². The van der Waals surface area contributed by atoms with Crippen LogP contribution < -0.4 is 10.4 Å². The first-order valence-corrected chi connectivity index (χ1v) is 4.78. The number of morpholine rings is 1. The van der Waals surface area contributed by atoms with Crippen molar-refractivity contribution in [1.82, 2.24) is 4.98 Å². The number of hydrogen-bond donors (Lipinski definition) is 1. The molecule has 1 fully saturated rings. The number of pyridine rings is 1. The summed E-state index contributed by atoms with van der Waals surface area (Å²) in [5.41, 5.74) is 0.904. The summed E-state index contributed by atoms with van der Waals surface area (Å²) in [6.45, 7) is 3.26. The van der Waals surface area contributed by atoms with E-state index in [-0.39, 0.29) is 7.48 Å². The van der Waals surface area contributed by atoms with Gasteiger partial charge in [0.2, 0.25) is 0 Å². The minimum Gasteiger partial charge on any atom is -0.449 e. The highest BCUT2D eigenvalue weighted by molar-refractivity contribution is 6.45. The Bertz CT molecular complexity index is 303. The summed E-state index contributed by atoms with van der Waals surface area (Å²) >= 11 is 0. The third kappa shape index (κ3) is 2.05. The molecular weight excluding hydrogens is 179 g/mol. The van der Waals surface area contributed by atoms with Crippen molar-refractivity contribution >= 4 is 18.8 Å². The first-order chi connectivity index (χ1) is 6.90. The summed E-state index contributed by atoms with van der Waals surface area (Å²) in [5, 5.41) is 8.99. The number of nitrogens with zero attached hydrogens (tertiary/aromatic N) is 2. The highest BCUT2D eigenvalue weighted by Gasteiger charge is 2.12. The van der Waals surface area contributed by atoms with Crippen LogP contribution in [0.2, 0.25) is 0 Å². The smallest absolute Gasteiger partial charge is 0.304 e. The molecule has 1 aliphatic rings. The van der Waals surface area contributed by atoms with E-state index < -0.39 is 0 Å². The van der Waals surface area contributed by atoms with Crippen LogP contribution in [0.15, 0.2) is 18.3 Å². The first kappa shape index (κ1) is 9.49. The van der Waals surface area contributed by atoms with Gasteiger partial charge in [0, 0.05) is 19.3 Å². The largest absolute Gasteiger partial charge is 0.449 e. The SMILES string of the molecule is OBc1ccnc(N2CCOCC2)c1. The van der Waals surface area contributed by atoms with Crippen molar-refractivity contribution in [2.24, 2.45) is 0 Å². The van der Waals surface area contributed by atoms with Crippen LogP contribution in [0.4, 0.5) is 5.82 Å². The Morgan fingerprint density at radius 3 is 2.93 bits per heavy atom. The monoisotopic (exact) mass is 192 g/mol. The van der Waals surface area contributed by atoms with Crippen molar-refractivity contribution in [2.75, 3.05) is 31.2 Å². The van der Waals surface area contributed by atoms with Gasteiger partial charge in [-0.2, -0.15) is 0 Å². The molecule has 1 aromatic rings. The van der Waals surface area contributed by atoms with E-state index in [1.807, 2.05) is 12.1 Å². The molecule has 74 valence electrons. The number of anilines is 1. The molecule has 0 spiro atoms. The second-order valence-electron chi connectivity index (χ2n) is 3.28. The van der Waals surface area contributed by atoms with Crippen LogP contribution in [-0.2, 0) is 4.74 Å². The van der Waals surface area contributed by atoms with E-state index in [0.717, 1.165) is 37.6 Å². The summed E-state index contributed by atoms with van der Waals surface area (Å²) in [6, 6.07) is 3.75. The van der Waals surface area contributed by atoms with Gasteiger partial charge in [-0.25, -0.2) is 4.98 Å². The molecule has 0 saturated carbocycles. The lowest BCUT2D eigenvalue weighted by atomic mass is 9.90. The Balaban J connectivity index is 2.13. The Kier molecular flexibility index (Phi) is 3.01. The third-order valence-corrected chi connectivity index (χ3v) is 2.33. The second kappa shape index (κ2) is 4.44. The minimum atomic E-state index is 0.0693. The Labute approximate surface area is 83.8 Å². The summed E-state index contributed by atoms with van der Waals surface area (Å²) in [6.07, 6.45) is 1.73. The van der Waals surface area contributed by atoms with Gasteiger partial charge in [-0.3, -0.25) is 0 Å². The Morgan fingerprint density at radius 2 is 2.21 bits per heavy atom. The molecular formula is C9H13BN2O2. The van der Waals surface area contributed by atoms with E-state index in [9.17, 15) is 0 Å². The molecule has 2 rings (SSSR count). The zero-order valence-corrected chi connectivity index (χ0v) is 8.02. The van der Waals surface area contributed by atoms with Crippen LogP contribution in [0.25, 0.3) is 0 Å². The maximum atomic E-state index is 8.99. The molecule has 5 heteroatoms. The quantitative estimate of drug-likeness (QED) is 0.603. The van der Waals surface area contributed by atoms with Gasteiger partial charge in [-0.15, -0.1) is 0 Å². The Hall–Kier alpha value is -1.07. The number of rotatable bonds is 2. The molecule has 1 aromatic heterocycles. The molecule has 0 amide bonds. The zero-order valence-electron chi connectivity index (χ0n) is 8.02. The zero-order chi connectivity index (χ0) is 9.80.